The summed E-state index contributed by atoms with van der Waals surface area (Å²) in [6, 6.07) is 42.7. The van der Waals surface area contributed by atoms with Crippen molar-refractivity contribution < 1.29 is 41.7 Å². The predicted molar refractivity (Wildman–Crippen MR) is 230 cm³/mol. The average Bonchev–Trinajstić information content (AvgIpc) is 3.79. The highest BCUT2D eigenvalue weighted by molar-refractivity contribution is 7.90. The lowest BCUT2D eigenvalue weighted by molar-refractivity contribution is -0.292. The third-order valence-corrected chi connectivity index (χ3v) is 12.8. The molecule has 0 bridgehead atoms. The third-order valence-electron chi connectivity index (χ3n) is 11.1. The van der Waals surface area contributed by atoms with Gasteiger partial charge in [-0.2, -0.15) is 0 Å². The van der Waals surface area contributed by atoms with E-state index >= 15 is 0 Å². The summed E-state index contributed by atoms with van der Waals surface area (Å²) in [5.74, 6) is -0.471. The van der Waals surface area contributed by atoms with Crippen LogP contribution in [0.25, 0.3) is 10.9 Å². The van der Waals surface area contributed by atoms with Crippen molar-refractivity contribution >= 4 is 32.7 Å². The maximum atomic E-state index is 13.8. The highest BCUT2D eigenvalue weighted by Crippen LogP contribution is 2.31. The van der Waals surface area contributed by atoms with Crippen LogP contribution in [0.1, 0.15) is 63.1 Å². The van der Waals surface area contributed by atoms with Crippen molar-refractivity contribution in [2.45, 2.75) is 74.8 Å². The van der Waals surface area contributed by atoms with E-state index in [-0.39, 0.29) is 29.4 Å². The number of nitrogens with zero attached hydrogens (tertiary/aromatic N) is 2. The molecule has 0 radical (unpaired) electrons. The molecular formula is C49H50N2O9S. The number of para-hydroxylation sites is 1. The number of hydrogen-bond donors (Lipinski definition) is 0. The maximum Gasteiger partial charge on any atom is 0.268 e. The second-order valence-electron chi connectivity index (χ2n) is 15.3. The molecule has 11 nitrogen and oxygen atoms in total. The lowest BCUT2D eigenvalue weighted by atomic mass is 10.0. The van der Waals surface area contributed by atoms with Crippen LogP contribution < -0.4 is 0 Å². The Balaban J connectivity index is 0.933. The quantitative estimate of drug-likeness (QED) is 0.0553. The fourth-order valence-corrected chi connectivity index (χ4v) is 9.35. The monoisotopic (exact) mass is 842 g/mol. The Kier molecular flexibility index (Phi) is 13.8. The summed E-state index contributed by atoms with van der Waals surface area (Å²) in [6.07, 6.45) is 2.67. The molecular weight excluding hydrogens is 793 g/mol. The molecule has 4 atom stereocenters. The minimum atomic E-state index is -3.84. The molecule has 5 aromatic carbocycles. The first-order chi connectivity index (χ1) is 29.9. The number of aromatic nitrogens is 1. The smallest absolute Gasteiger partial charge is 0.268 e. The standard InChI is InChI=1S/C49H50N2O9S/c52-47-42-24-11-12-25-43(42)48(53)50(47)28-15-4-16-29-56-35-39-31-45(58-33-36-17-5-1-6-18-36)46(59-34-37-19-7-2-8-20-37)49(60-39)57-30-27-38-32-51(44-26-14-13-23-41(38)44)61(54,55)40-21-9-3-10-22-40/h1-3,5-14,17-26,32,39,45-46,49H,4,15-16,27-31,33-35H2/t39-,45-,46+,49+/m0/s1. The number of unbranched alkanes of at least 4 members (excludes halogenated alkanes) is 2. The van der Waals surface area contributed by atoms with Gasteiger partial charge in [0.2, 0.25) is 0 Å². The van der Waals surface area contributed by atoms with Crippen LogP contribution in [0.4, 0.5) is 0 Å². The Hall–Kier alpha value is -5.47. The van der Waals surface area contributed by atoms with Crippen molar-refractivity contribution in [1.82, 2.24) is 8.87 Å². The van der Waals surface area contributed by atoms with Gasteiger partial charge in [-0.15, -0.1) is 0 Å². The number of rotatable bonds is 20. The number of fused-ring (bicyclic) bond motifs is 2. The van der Waals surface area contributed by atoms with E-state index in [2.05, 4.69) is 0 Å². The molecule has 2 aliphatic heterocycles. The van der Waals surface area contributed by atoms with Gasteiger partial charge in [0.05, 0.1) is 60.2 Å². The van der Waals surface area contributed by atoms with E-state index in [9.17, 15) is 18.0 Å². The van der Waals surface area contributed by atoms with Gasteiger partial charge in [0, 0.05) is 31.2 Å². The predicted octanol–water partition coefficient (Wildman–Crippen LogP) is 8.21. The maximum absolute atomic E-state index is 13.8. The van der Waals surface area contributed by atoms with Gasteiger partial charge in [0.15, 0.2) is 6.29 Å². The zero-order valence-corrected chi connectivity index (χ0v) is 34.7. The molecule has 3 heterocycles. The number of hydrogen-bond acceptors (Lipinski definition) is 9. The van der Waals surface area contributed by atoms with Gasteiger partial charge in [-0.05, 0) is 72.7 Å². The first-order valence-corrected chi connectivity index (χ1v) is 22.3. The van der Waals surface area contributed by atoms with E-state index in [1.54, 1.807) is 60.8 Å². The number of ether oxygens (including phenoxy) is 5. The van der Waals surface area contributed by atoms with Gasteiger partial charge in [-0.25, -0.2) is 12.4 Å². The lowest BCUT2D eigenvalue weighted by Gasteiger charge is -2.41. The SMILES string of the molecule is O=C1c2ccccc2C(=O)N1CCCCCOC[C@@H]1C[C@H](OCc2ccccc2)[C@@H](OCc2ccccc2)[C@H](OCCc2cn(S(=O)(=O)c3ccccc3)c3ccccc23)O1. The molecule has 1 fully saturated rings. The van der Waals surface area contributed by atoms with E-state index in [1.807, 2.05) is 84.9 Å². The number of carbonyl (C=O) groups is 2. The molecule has 2 aliphatic rings. The second kappa shape index (κ2) is 19.9. The average molecular weight is 843 g/mol. The topological polar surface area (TPSA) is 123 Å². The third kappa shape index (κ3) is 10.0. The first kappa shape index (κ1) is 42.2. The van der Waals surface area contributed by atoms with Gasteiger partial charge in [0.1, 0.15) is 6.10 Å². The molecule has 6 aromatic rings. The fourth-order valence-electron chi connectivity index (χ4n) is 7.94. The van der Waals surface area contributed by atoms with Gasteiger partial charge in [-0.1, -0.05) is 109 Å². The van der Waals surface area contributed by atoms with Gasteiger partial charge < -0.3 is 23.7 Å². The highest BCUT2D eigenvalue weighted by Gasteiger charge is 2.41. The molecule has 0 unspecified atom stereocenters. The summed E-state index contributed by atoms with van der Waals surface area (Å²) >= 11 is 0. The number of amides is 2. The van der Waals surface area contributed by atoms with Crippen LogP contribution in [-0.4, -0.2) is 80.1 Å². The number of carbonyl (C=O) groups excluding carboxylic acids is 2. The highest BCUT2D eigenvalue weighted by atomic mass is 32.2. The van der Waals surface area contributed by atoms with Crippen molar-refractivity contribution in [3.63, 3.8) is 0 Å². The Bertz CT molecular complexity index is 2460. The van der Waals surface area contributed by atoms with Crippen LogP contribution >= 0.6 is 0 Å². The van der Waals surface area contributed by atoms with E-state index in [0.717, 1.165) is 34.9 Å². The first-order valence-electron chi connectivity index (χ1n) is 20.9. The van der Waals surface area contributed by atoms with E-state index < -0.39 is 28.5 Å². The van der Waals surface area contributed by atoms with Crippen molar-refractivity contribution in [2.24, 2.45) is 0 Å². The Morgan fingerprint density at radius 3 is 1.93 bits per heavy atom. The Morgan fingerprint density at radius 1 is 0.639 bits per heavy atom. The molecule has 61 heavy (non-hydrogen) atoms. The minimum absolute atomic E-state index is 0.212. The van der Waals surface area contributed by atoms with Crippen LogP contribution in [0.5, 0.6) is 0 Å². The molecule has 12 heteroatoms. The number of benzene rings is 5. The molecule has 1 saturated heterocycles. The Labute approximate surface area is 356 Å². The largest absolute Gasteiger partial charge is 0.379 e. The molecule has 0 N–H and O–H groups in total. The minimum Gasteiger partial charge on any atom is -0.379 e. The van der Waals surface area contributed by atoms with Crippen LogP contribution in [-0.2, 0) is 53.3 Å². The summed E-state index contributed by atoms with van der Waals surface area (Å²) < 4.78 is 61.5. The molecule has 2 amide bonds. The summed E-state index contributed by atoms with van der Waals surface area (Å²) in [5, 5.41) is 0.825. The molecule has 0 spiro atoms. The summed E-state index contributed by atoms with van der Waals surface area (Å²) in [4.78, 5) is 27.1. The molecule has 8 rings (SSSR count). The second-order valence-corrected chi connectivity index (χ2v) is 17.1. The van der Waals surface area contributed by atoms with E-state index in [4.69, 9.17) is 23.7 Å². The molecule has 0 aliphatic carbocycles. The van der Waals surface area contributed by atoms with Gasteiger partial charge in [0.25, 0.3) is 21.8 Å². The molecule has 0 saturated carbocycles. The van der Waals surface area contributed by atoms with Crippen molar-refractivity contribution in [1.29, 1.82) is 0 Å². The van der Waals surface area contributed by atoms with E-state index in [1.165, 1.54) is 8.87 Å². The number of imide groups is 1. The van der Waals surface area contributed by atoms with Crippen molar-refractivity contribution in [2.75, 3.05) is 26.4 Å². The Morgan fingerprint density at radius 2 is 1.25 bits per heavy atom. The molecule has 1 aromatic heterocycles. The summed E-state index contributed by atoms with van der Waals surface area (Å²) in [7, 11) is -3.84. The normalized spacial score (nSPS) is 19.1. The summed E-state index contributed by atoms with van der Waals surface area (Å²) in [5.41, 5.74) is 4.38. The van der Waals surface area contributed by atoms with Crippen LogP contribution in [0.2, 0.25) is 0 Å². The zero-order valence-electron chi connectivity index (χ0n) is 33.9. The van der Waals surface area contributed by atoms with Crippen molar-refractivity contribution in [3.05, 3.63) is 174 Å². The summed E-state index contributed by atoms with van der Waals surface area (Å²) in [6.45, 7) is 2.07. The zero-order chi connectivity index (χ0) is 42.0. The van der Waals surface area contributed by atoms with Crippen LogP contribution in [0.3, 0.4) is 0 Å². The van der Waals surface area contributed by atoms with E-state index in [0.29, 0.717) is 68.9 Å². The van der Waals surface area contributed by atoms with Crippen LogP contribution in [0, 0.1) is 0 Å². The van der Waals surface area contributed by atoms with Gasteiger partial charge >= 0.3 is 0 Å². The van der Waals surface area contributed by atoms with Crippen molar-refractivity contribution in [3.8, 4) is 0 Å². The van der Waals surface area contributed by atoms with Gasteiger partial charge in [-0.3, -0.25) is 14.5 Å². The fraction of sp³-hybridized carbons (Fsp3) is 0.306. The van der Waals surface area contributed by atoms with Crippen LogP contribution in [0.15, 0.2) is 151 Å². The molecule has 316 valence electrons. The lowest BCUT2D eigenvalue weighted by Crippen LogP contribution is -2.53.